The van der Waals surface area contributed by atoms with Crippen LogP contribution in [0.25, 0.3) is 10.2 Å². The molecule has 3 aromatic heterocycles. The molecular weight excluding hydrogens is 870 g/mol. The molecule has 3 heterocycles. The number of halogens is 1. The fraction of sp³-hybridized carbons (Fsp3) is 0.500. The molecule has 63 heavy (non-hydrogen) atoms. The van der Waals surface area contributed by atoms with Gasteiger partial charge in [-0.2, -0.15) is 4.99 Å². The molecule has 0 aliphatic carbocycles. The number of hydrogen-bond acceptors (Lipinski definition) is 12. The molecule has 0 radical (unpaired) electrons. The van der Waals surface area contributed by atoms with Crippen molar-refractivity contribution in [1.82, 2.24) is 24.6 Å². The molecule has 340 valence electrons. The summed E-state index contributed by atoms with van der Waals surface area (Å²) in [5.74, 6) is 5.50. The fourth-order valence-corrected chi connectivity index (χ4v) is 9.98. The van der Waals surface area contributed by atoms with Crippen LogP contribution in [-0.4, -0.2) is 99.1 Å². The topological polar surface area (TPSA) is 127 Å². The molecule has 0 atom stereocenters. The molecule has 0 saturated heterocycles. The van der Waals surface area contributed by atoms with Gasteiger partial charge in [-0.25, -0.2) is 14.2 Å². The van der Waals surface area contributed by atoms with Crippen LogP contribution in [0, 0.1) is 24.6 Å². The number of thiazole rings is 2. The second-order valence-corrected chi connectivity index (χ2v) is 31.1. The van der Waals surface area contributed by atoms with Gasteiger partial charge in [-0.15, -0.1) is 21.5 Å². The summed E-state index contributed by atoms with van der Waals surface area (Å²) >= 11 is 2.88. The van der Waals surface area contributed by atoms with Gasteiger partial charge in [0.15, 0.2) is 47.1 Å². The highest BCUT2D eigenvalue weighted by Crippen LogP contribution is 2.37. The summed E-state index contributed by atoms with van der Waals surface area (Å²) in [4.78, 5) is 27.5. The van der Waals surface area contributed by atoms with Gasteiger partial charge in [0, 0.05) is 38.3 Å². The Bertz CT molecular complexity index is 2460. The van der Waals surface area contributed by atoms with Gasteiger partial charge in [0.2, 0.25) is 0 Å². The Labute approximate surface area is 382 Å². The van der Waals surface area contributed by atoms with Gasteiger partial charge in [-0.1, -0.05) is 75.7 Å². The second-order valence-electron chi connectivity index (χ2n) is 18.6. The van der Waals surface area contributed by atoms with E-state index >= 15 is 0 Å². The van der Waals surface area contributed by atoms with Crippen molar-refractivity contribution in [3.63, 3.8) is 0 Å². The van der Waals surface area contributed by atoms with Gasteiger partial charge in [0.05, 0.1) is 23.4 Å². The number of para-hydroxylation sites is 1. The molecular formula is C46H64FN7O5S2Si2. The van der Waals surface area contributed by atoms with E-state index < -0.39 is 28.2 Å². The first-order valence-electron chi connectivity index (χ1n) is 21.5. The Morgan fingerprint density at radius 1 is 0.984 bits per heavy atom. The highest BCUT2D eigenvalue weighted by molar-refractivity contribution is 7.16. The standard InChI is InChI=1S/C46H64FN7O5S2Si2/c1-33-30-40(50-51-42(33)49-45-54(32-57-28-29-62(7,8)9)36-19-12-13-20-38(36)60-45)53(25-14-15-27-59-63(10,11)46(2,3)4)44-48-41(43(55)56)39(61-44)21-17-26-58-37-23-22-34(31-35(37)47)18-16-24-52(5)6/h12-13,19-20,22-23,30-31H,14-15,17,21,24-29,32H2,1-11H3,(H,55,56)/b49-45-. The number of unbranched alkanes of at least 4 members (excludes halogenated alkanes) is 1. The number of rotatable bonds is 21. The van der Waals surface area contributed by atoms with Crippen molar-refractivity contribution in [1.29, 1.82) is 0 Å². The molecule has 0 aliphatic heterocycles. The van der Waals surface area contributed by atoms with Crippen LogP contribution in [0.4, 0.5) is 21.2 Å². The number of fused-ring (bicyclic) bond motifs is 1. The Hall–Kier alpha value is -4.29. The summed E-state index contributed by atoms with van der Waals surface area (Å²) in [6, 6.07) is 15.9. The van der Waals surface area contributed by atoms with Gasteiger partial charge in [0.25, 0.3) is 0 Å². The largest absolute Gasteiger partial charge is 0.491 e. The van der Waals surface area contributed by atoms with E-state index in [1.54, 1.807) is 23.5 Å². The summed E-state index contributed by atoms with van der Waals surface area (Å²) < 4.78 is 36.5. The zero-order valence-corrected chi connectivity index (χ0v) is 42.4. The molecule has 2 aromatic carbocycles. The number of carbonyl (C=O) groups is 1. The lowest BCUT2D eigenvalue weighted by molar-refractivity contribution is 0.0690. The highest BCUT2D eigenvalue weighted by Gasteiger charge is 2.37. The molecule has 0 bridgehead atoms. The number of benzene rings is 2. The Balaban J connectivity index is 1.38. The van der Waals surface area contributed by atoms with Crippen molar-refractivity contribution in [2.24, 2.45) is 4.99 Å². The van der Waals surface area contributed by atoms with E-state index in [1.165, 1.54) is 17.4 Å². The third kappa shape index (κ3) is 14.4. The highest BCUT2D eigenvalue weighted by atomic mass is 32.1. The van der Waals surface area contributed by atoms with Crippen molar-refractivity contribution < 1.29 is 28.2 Å². The Kier molecular flexibility index (Phi) is 17.4. The molecule has 0 amide bonds. The summed E-state index contributed by atoms with van der Waals surface area (Å²) in [6.45, 7) is 23.1. The van der Waals surface area contributed by atoms with E-state index in [4.69, 9.17) is 18.9 Å². The lowest BCUT2D eigenvalue weighted by Gasteiger charge is -2.36. The maximum absolute atomic E-state index is 14.9. The SMILES string of the molecule is Cc1cc(N(CCCCO[Si](C)(C)C(C)(C)C)c2nc(C(=O)O)c(CCCOc3ccc(C#CCN(C)C)cc3F)s2)nnc1/N=c1\sc2ccccc2n1COCC[Si](C)(C)C. The van der Waals surface area contributed by atoms with Crippen molar-refractivity contribution >= 4 is 72.0 Å². The summed E-state index contributed by atoms with van der Waals surface area (Å²) in [6.07, 6.45) is 2.38. The zero-order chi connectivity index (χ0) is 46.0. The predicted molar refractivity (Wildman–Crippen MR) is 260 cm³/mol. The number of nitrogens with zero attached hydrogens (tertiary/aromatic N) is 7. The second kappa shape index (κ2) is 22.1. The van der Waals surface area contributed by atoms with Crippen LogP contribution in [0.2, 0.25) is 43.8 Å². The number of aromatic nitrogens is 4. The quantitative estimate of drug-likeness (QED) is 0.0432. The molecule has 0 aliphatic rings. The van der Waals surface area contributed by atoms with Gasteiger partial charge < -0.3 is 23.9 Å². The average molecular weight is 934 g/mol. The minimum atomic E-state index is -1.92. The predicted octanol–water partition coefficient (Wildman–Crippen LogP) is 10.5. The third-order valence-corrected chi connectivity index (χ3v) is 19.2. The summed E-state index contributed by atoms with van der Waals surface area (Å²) in [7, 11) is 0.663. The molecule has 12 nitrogen and oxygen atoms in total. The van der Waals surface area contributed by atoms with Crippen LogP contribution in [0.15, 0.2) is 53.5 Å². The normalized spacial score (nSPS) is 12.6. The van der Waals surface area contributed by atoms with E-state index in [1.807, 2.05) is 49.0 Å². The lowest BCUT2D eigenvalue weighted by Crippen LogP contribution is -2.41. The molecule has 1 N–H and O–H groups in total. The number of hydrogen-bond donors (Lipinski definition) is 1. The van der Waals surface area contributed by atoms with E-state index in [0.29, 0.717) is 73.1 Å². The smallest absolute Gasteiger partial charge is 0.355 e. The minimum Gasteiger partial charge on any atom is -0.491 e. The molecule has 5 rings (SSSR count). The third-order valence-electron chi connectivity index (χ3n) is 10.8. The van der Waals surface area contributed by atoms with Gasteiger partial charge in [0.1, 0.15) is 6.73 Å². The summed E-state index contributed by atoms with van der Waals surface area (Å²) in [5.41, 5.74) is 2.40. The molecule has 0 spiro atoms. The molecule has 0 fully saturated rings. The van der Waals surface area contributed by atoms with Crippen LogP contribution in [-0.2, 0) is 22.3 Å². The number of carboxylic acids is 1. The average Bonchev–Trinajstić information content (AvgIpc) is 3.78. The summed E-state index contributed by atoms with van der Waals surface area (Å²) in [5, 5.41) is 20.2. The van der Waals surface area contributed by atoms with Gasteiger partial charge >= 0.3 is 5.97 Å². The van der Waals surface area contributed by atoms with Crippen molar-refractivity contribution in [2.45, 2.75) is 104 Å². The monoisotopic (exact) mass is 933 g/mol. The number of anilines is 2. The first-order valence-corrected chi connectivity index (χ1v) is 29.7. The van der Waals surface area contributed by atoms with E-state index in [9.17, 15) is 14.3 Å². The number of ether oxygens (including phenoxy) is 2. The molecule has 5 aromatic rings. The first-order chi connectivity index (χ1) is 29.7. The van der Waals surface area contributed by atoms with Crippen molar-refractivity contribution in [3.8, 4) is 17.6 Å². The Morgan fingerprint density at radius 3 is 2.43 bits per heavy atom. The van der Waals surface area contributed by atoms with Gasteiger partial charge in [-0.3, -0.25) is 9.47 Å². The maximum Gasteiger partial charge on any atom is 0.355 e. The fourth-order valence-electron chi connectivity index (χ4n) is 5.99. The maximum atomic E-state index is 14.9. The molecule has 17 heteroatoms. The number of carboxylic acid groups (broad SMARTS) is 1. The van der Waals surface area contributed by atoms with E-state index in [0.717, 1.165) is 39.5 Å². The van der Waals surface area contributed by atoms with E-state index in [2.05, 4.69) is 97.2 Å². The van der Waals surface area contributed by atoms with Crippen LogP contribution < -0.4 is 14.4 Å². The van der Waals surface area contributed by atoms with E-state index in [-0.39, 0.29) is 23.1 Å². The van der Waals surface area contributed by atoms with Crippen LogP contribution in [0.1, 0.15) is 66.5 Å². The van der Waals surface area contributed by atoms with Crippen LogP contribution >= 0.6 is 22.7 Å². The zero-order valence-electron chi connectivity index (χ0n) is 38.8. The minimum absolute atomic E-state index is 0.0224. The lowest BCUT2D eigenvalue weighted by atomic mass is 10.2. The van der Waals surface area contributed by atoms with Crippen molar-refractivity contribution in [2.75, 3.05) is 51.9 Å². The molecule has 0 unspecified atom stereocenters. The number of aryl methyl sites for hydroxylation is 2. The number of aromatic carboxylic acids is 1. The first kappa shape index (κ1) is 49.7. The van der Waals surface area contributed by atoms with Crippen LogP contribution in [0.5, 0.6) is 5.75 Å². The molecule has 0 saturated carbocycles. The van der Waals surface area contributed by atoms with Crippen LogP contribution in [0.3, 0.4) is 0 Å². The van der Waals surface area contributed by atoms with Gasteiger partial charge in [-0.05, 0) is 113 Å². The van der Waals surface area contributed by atoms with Crippen molar-refractivity contribution in [3.05, 3.63) is 80.8 Å². The Morgan fingerprint density at radius 2 is 1.75 bits per heavy atom.